The Morgan fingerprint density at radius 2 is 1.76 bits per heavy atom. The highest BCUT2D eigenvalue weighted by molar-refractivity contribution is 5.30. The standard InChI is InChI=1S/C30H50O3/c1-19(2)24(33-32)12-9-20(3)21-15-16-30(8)25-13-10-22-23(11-14-26(31)27(22,4)5)28(25,6)17-18-29(21,30)7/h10,20-21,23-26,31-32H,1,9,11-18H2,2-8H3/t20-,21-,23-,24?,25-,26+,28+,29-,30+/m1/s1. The molecule has 3 fully saturated rings. The number of fused-ring (bicyclic) bond motifs is 5. The molecule has 0 amide bonds. The minimum absolute atomic E-state index is 0.0835. The molecule has 3 nitrogen and oxygen atoms in total. The first-order valence-corrected chi connectivity index (χ1v) is 13.7. The van der Waals surface area contributed by atoms with Gasteiger partial charge in [0.05, 0.1) is 6.10 Å². The molecular formula is C30H50O3. The molecule has 0 saturated heterocycles. The molecule has 1 unspecified atom stereocenters. The Balaban J connectivity index is 1.59. The van der Waals surface area contributed by atoms with Crippen molar-refractivity contribution >= 4 is 0 Å². The summed E-state index contributed by atoms with van der Waals surface area (Å²) in [7, 11) is 0. The van der Waals surface area contributed by atoms with Crippen molar-refractivity contribution in [2.45, 2.75) is 118 Å². The van der Waals surface area contributed by atoms with Crippen LogP contribution in [0.15, 0.2) is 23.8 Å². The summed E-state index contributed by atoms with van der Waals surface area (Å²) in [5, 5.41) is 20.0. The van der Waals surface area contributed by atoms with Gasteiger partial charge in [-0.3, -0.25) is 5.26 Å². The summed E-state index contributed by atoms with van der Waals surface area (Å²) in [6, 6.07) is 0. The van der Waals surface area contributed by atoms with Gasteiger partial charge in [-0.1, -0.05) is 59.8 Å². The molecule has 4 aliphatic rings. The highest BCUT2D eigenvalue weighted by Gasteiger charge is 2.67. The summed E-state index contributed by atoms with van der Waals surface area (Å²) in [4.78, 5) is 4.71. The van der Waals surface area contributed by atoms with Gasteiger partial charge in [0.25, 0.3) is 0 Å². The quantitative estimate of drug-likeness (QED) is 0.242. The van der Waals surface area contributed by atoms with Gasteiger partial charge in [-0.15, -0.1) is 0 Å². The van der Waals surface area contributed by atoms with Crippen LogP contribution in [0.2, 0.25) is 0 Å². The zero-order valence-electron chi connectivity index (χ0n) is 22.4. The molecule has 0 aromatic heterocycles. The summed E-state index contributed by atoms with van der Waals surface area (Å²) in [5.74, 6) is 2.71. The van der Waals surface area contributed by atoms with E-state index in [2.05, 4.69) is 54.2 Å². The fourth-order valence-corrected chi connectivity index (χ4v) is 9.64. The van der Waals surface area contributed by atoms with Crippen molar-refractivity contribution in [1.82, 2.24) is 0 Å². The smallest absolute Gasteiger partial charge is 0.113 e. The summed E-state index contributed by atoms with van der Waals surface area (Å²) in [6.07, 6.45) is 12.6. The molecule has 0 aromatic rings. The Hall–Kier alpha value is -0.640. The second-order valence-electron chi connectivity index (χ2n) is 13.8. The topological polar surface area (TPSA) is 49.7 Å². The van der Waals surface area contributed by atoms with Gasteiger partial charge in [-0.25, -0.2) is 4.89 Å². The first kappa shape index (κ1) is 25.5. The Morgan fingerprint density at radius 3 is 2.39 bits per heavy atom. The van der Waals surface area contributed by atoms with Crippen LogP contribution < -0.4 is 0 Å². The van der Waals surface area contributed by atoms with Crippen molar-refractivity contribution in [3.63, 3.8) is 0 Å². The first-order chi connectivity index (χ1) is 15.3. The summed E-state index contributed by atoms with van der Waals surface area (Å²) < 4.78 is 0. The van der Waals surface area contributed by atoms with Gasteiger partial charge in [0.15, 0.2) is 0 Å². The summed E-state index contributed by atoms with van der Waals surface area (Å²) in [6.45, 7) is 20.8. The number of rotatable bonds is 6. The number of allylic oxidation sites excluding steroid dienone is 1. The third kappa shape index (κ3) is 3.62. The lowest BCUT2D eigenvalue weighted by Crippen LogP contribution is -2.59. The van der Waals surface area contributed by atoms with Crippen molar-refractivity contribution < 1.29 is 15.3 Å². The SMILES string of the molecule is C=C(C)C(CC[C@@H](C)[C@H]1CC[C@@]2(C)[C@@H]3CC=C4[C@@H](CC[C@H](O)C4(C)C)[C@]3(C)CC[C@]12C)OO. The summed E-state index contributed by atoms with van der Waals surface area (Å²) >= 11 is 0. The van der Waals surface area contributed by atoms with Gasteiger partial charge in [-0.2, -0.15) is 0 Å². The lowest BCUT2D eigenvalue weighted by molar-refractivity contribution is -0.270. The van der Waals surface area contributed by atoms with E-state index in [4.69, 9.17) is 4.89 Å². The monoisotopic (exact) mass is 458 g/mol. The number of aliphatic hydroxyl groups excluding tert-OH is 1. The van der Waals surface area contributed by atoms with Crippen LogP contribution in [0.3, 0.4) is 0 Å². The minimum atomic E-state index is -0.241. The predicted molar refractivity (Wildman–Crippen MR) is 136 cm³/mol. The Labute approximate surface area is 203 Å². The average molecular weight is 459 g/mol. The minimum Gasteiger partial charge on any atom is -0.392 e. The number of hydrogen-bond donors (Lipinski definition) is 2. The van der Waals surface area contributed by atoms with E-state index in [1.54, 1.807) is 5.57 Å². The first-order valence-electron chi connectivity index (χ1n) is 13.7. The van der Waals surface area contributed by atoms with E-state index in [0.717, 1.165) is 43.1 Å². The van der Waals surface area contributed by atoms with Gasteiger partial charge < -0.3 is 5.11 Å². The number of aliphatic hydroxyl groups is 1. The molecule has 0 heterocycles. The van der Waals surface area contributed by atoms with Crippen LogP contribution >= 0.6 is 0 Å². The predicted octanol–water partition coefficient (Wildman–Crippen LogP) is 7.80. The van der Waals surface area contributed by atoms with Gasteiger partial charge >= 0.3 is 0 Å². The molecule has 4 aliphatic carbocycles. The molecule has 33 heavy (non-hydrogen) atoms. The van der Waals surface area contributed by atoms with Crippen molar-refractivity contribution in [1.29, 1.82) is 0 Å². The molecule has 0 aliphatic heterocycles. The van der Waals surface area contributed by atoms with E-state index >= 15 is 0 Å². The van der Waals surface area contributed by atoms with Crippen LogP contribution in [-0.4, -0.2) is 22.6 Å². The lowest BCUT2D eigenvalue weighted by Gasteiger charge is -2.66. The molecule has 9 atom stereocenters. The second-order valence-corrected chi connectivity index (χ2v) is 13.8. The molecule has 188 valence electrons. The van der Waals surface area contributed by atoms with Crippen LogP contribution in [0.5, 0.6) is 0 Å². The molecule has 0 spiro atoms. The van der Waals surface area contributed by atoms with Gasteiger partial charge in [0.1, 0.15) is 6.10 Å². The molecule has 0 bridgehead atoms. The van der Waals surface area contributed by atoms with Crippen LogP contribution in [0.1, 0.15) is 106 Å². The fraction of sp³-hybridized carbons (Fsp3) is 0.867. The van der Waals surface area contributed by atoms with E-state index in [-0.39, 0.29) is 17.6 Å². The zero-order chi connectivity index (χ0) is 24.4. The highest BCUT2D eigenvalue weighted by atomic mass is 17.1. The summed E-state index contributed by atoms with van der Waals surface area (Å²) in [5.41, 5.74) is 3.46. The van der Waals surface area contributed by atoms with E-state index < -0.39 is 0 Å². The molecule has 4 rings (SSSR count). The highest BCUT2D eigenvalue weighted by Crippen LogP contribution is 2.75. The Morgan fingerprint density at radius 1 is 1.06 bits per heavy atom. The van der Waals surface area contributed by atoms with Crippen molar-refractivity contribution in [3.05, 3.63) is 23.8 Å². The van der Waals surface area contributed by atoms with E-state index in [1.807, 2.05) is 6.92 Å². The maximum atomic E-state index is 10.8. The van der Waals surface area contributed by atoms with E-state index in [9.17, 15) is 10.4 Å². The largest absolute Gasteiger partial charge is 0.392 e. The Kier molecular flexibility index (Phi) is 6.55. The molecule has 3 heteroatoms. The van der Waals surface area contributed by atoms with Crippen LogP contribution in [0.4, 0.5) is 0 Å². The maximum Gasteiger partial charge on any atom is 0.113 e. The van der Waals surface area contributed by atoms with Crippen LogP contribution in [-0.2, 0) is 4.89 Å². The van der Waals surface area contributed by atoms with Gasteiger partial charge in [0.2, 0.25) is 0 Å². The number of hydrogen-bond acceptors (Lipinski definition) is 3. The molecule has 3 saturated carbocycles. The third-order valence-corrected chi connectivity index (χ3v) is 12.1. The average Bonchev–Trinajstić information content (AvgIpc) is 3.02. The van der Waals surface area contributed by atoms with E-state index in [1.165, 1.54) is 32.1 Å². The third-order valence-electron chi connectivity index (χ3n) is 12.1. The van der Waals surface area contributed by atoms with E-state index in [0.29, 0.717) is 28.1 Å². The molecular weight excluding hydrogens is 408 g/mol. The lowest BCUT2D eigenvalue weighted by atomic mass is 9.39. The molecule has 2 N–H and O–H groups in total. The Bertz CT molecular complexity index is 798. The van der Waals surface area contributed by atoms with Gasteiger partial charge in [0, 0.05) is 5.41 Å². The van der Waals surface area contributed by atoms with Crippen molar-refractivity contribution in [2.24, 2.45) is 45.3 Å². The molecule has 0 radical (unpaired) electrons. The van der Waals surface area contributed by atoms with Crippen molar-refractivity contribution in [2.75, 3.05) is 0 Å². The second kappa shape index (κ2) is 8.49. The zero-order valence-corrected chi connectivity index (χ0v) is 22.4. The van der Waals surface area contributed by atoms with Gasteiger partial charge in [-0.05, 0) is 110 Å². The molecule has 0 aromatic carbocycles. The normalized spacial score (nSPS) is 45.9. The van der Waals surface area contributed by atoms with Crippen LogP contribution in [0, 0.1) is 45.3 Å². The van der Waals surface area contributed by atoms with Crippen molar-refractivity contribution in [3.8, 4) is 0 Å². The van der Waals surface area contributed by atoms with Crippen LogP contribution in [0.25, 0.3) is 0 Å². The maximum absolute atomic E-state index is 10.8. The fourth-order valence-electron chi connectivity index (χ4n) is 9.64.